The summed E-state index contributed by atoms with van der Waals surface area (Å²) in [6.45, 7) is 2.27. The molecule has 100 valence electrons. The second-order valence-electron chi connectivity index (χ2n) is 4.90. The molecule has 2 aromatic rings. The molecule has 2 rings (SSSR count). The van der Waals surface area contributed by atoms with E-state index in [-0.39, 0.29) is 12.6 Å². The van der Waals surface area contributed by atoms with Crippen molar-refractivity contribution in [2.45, 2.75) is 25.4 Å². The lowest BCUT2D eigenvalue weighted by Gasteiger charge is -2.22. The molecule has 19 heavy (non-hydrogen) atoms. The molecule has 1 unspecified atom stereocenters. The average molecular weight is 255 g/mol. The van der Waals surface area contributed by atoms with Crippen LogP contribution in [0.15, 0.2) is 60.7 Å². The van der Waals surface area contributed by atoms with Crippen molar-refractivity contribution >= 4 is 0 Å². The highest BCUT2D eigenvalue weighted by Gasteiger charge is 2.13. The molecular weight excluding hydrogens is 234 g/mol. The van der Waals surface area contributed by atoms with Crippen LogP contribution in [0.4, 0.5) is 0 Å². The van der Waals surface area contributed by atoms with Crippen LogP contribution < -0.4 is 5.32 Å². The third kappa shape index (κ3) is 4.19. The molecule has 2 N–H and O–H groups in total. The van der Waals surface area contributed by atoms with Crippen molar-refractivity contribution in [1.29, 1.82) is 0 Å². The van der Waals surface area contributed by atoms with Gasteiger partial charge in [-0.2, -0.15) is 0 Å². The normalized spacial score (nSPS) is 14.0. The number of hydrogen-bond acceptors (Lipinski definition) is 2. The summed E-state index contributed by atoms with van der Waals surface area (Å²) >= 11 is 0. The molecule has 0 heterocycles. The average Bonchev–Trinajstić information content (AvgIpc) is 2.47. The van der Waals surface area contributed by atoms with Gasteiger partial charge in [0, 0.05) is 6.04 Å². The monoisotopic (exact) mass is 255 g/mol. The Morgan fingerprint density at radius 2 is 1.53 bits per heavy atom. The standard InChI is InChI=1S/C17H21NO/c1-14(12-15-8-4-2-5-9-15)18-17(13-19)16-10-6-3-7-11-16/h2-11,14,17-19H,12-13H2,1H3/t14?,17-/m1/s1. The quantitative estimate of drug-likeness (QED) is 0.832. The number of rotatable bonds is 6. The molecule has 0 aromatic heterocycles. The van der Waals surface area contributed by atoms with E-state index in [9.17, 15) is 5.11 Å². The fourth-order valence-corrected chi connectivity index (χ4v) is 2.31. The molecule has 0 radical (unpaired) electrons. The van der Waals surface area contributed by atoms with Crippen molar-refractivity contribution in [3.05, 3.63) is 71.8 Å². The van der Waals surface area contributed by atoms with Gasteiger partial charge in [-0.15, -0.1) is 0 Å². The van der Waals surface area contributed by atoms with Crippen LogP contribution in [0.3, 0.4) is 0 Å². The first-order valence-corrected chi connectivity index (χ1v) is 6.75. The minimum Gasteiger partial charge on any atom is -0.394 e. The highest BCUT2D eigenvalue weighted by molar-refractivity contribution is 5.20. The van der Waals surface area contributed by atoms with Gasteiger partial charge in [0.05, 0.1) is 12.6 Å². The molecule has 2 atom stereocenters. The molecule has 2 heteroatoms. The molecule has 0 saturated carbocycles. The topological polar surface area (TPSA) is 32.3 Å². The lowest BCUT2D eigenvalue weighted by Crippen LogP contribution is -2.34. The molecule has 2 nitrogen and oxygen atoms in total. The smallest absolute Gasteiger partial charge is 0.0626 e. The zero-order valence-electron chi connectivity index (χ0n) is 11.3. The van der Waals surface area contributed by atoms with Gasteiger partial charge in [-0.3, -0.25) is 0 Å². The fraction of sp³-hybridized carbons (Fsp3) is 0.294. The van der Waals surface area contributed by atoms with Crippen molar-refractivity contribution < 1.29 is 5.11 Å². The van der Waals surface area contributed by atoms with E-state index >= 15 is 0 Å². The minimum absolute atomic E-state index is 0.0000813. The highest BCUT2D eigenvalue weighted by atomic mass is 16.3. The second kappa shape index (κ2) is 7.07. The van der Waals surface area contributed by atoms with Gasteiger partial charge in [-0.25, -0.2) is 0 Å². The Morgan fingerprint density at radius 1 is 0.947 bits per heavy atom. The van der Waals surface area contributed by atoms with Gasteiger partial charge >= 0.3 is 0 Å². The SMILES string of the molecule is CC(Cc1ccccc1)N[C@H](CO)c1ccccc1. The third-order valence-electron chi connectivity index (χ3n) is 3.25. The van der Waals surface area contributed by atoms with E-state index in [1.165, 1.54) is 5.56 Å². The Hall–Kier alpha value is -1.64. The van der Waals surface area contributed by atoms with Crippen LogP contribution in [-0.4, -0.2) is 17.8 Å². The van der Waals surface area contributed by atoms with Gasteiger partial charge < -0.3 is 10.4 Å². The Labute approximate surface area is 115 Å². The Bertz CT molecular complexity index is 469. The minimum atomic E-state index is -0.0000813. The summed E-state index contributed by atoms with van der Waals surface area (Å²) in [5.74, 6) is 0. The first-order chi connectivity index (χ1) is 9.29. The van der Waals surface area contributed by atoms with Gasteiger partial charge in [0.1, 0.15) is 0 Å². The van der Waals surface area contributed by atoms with Crippen LogP contribution in [0.1, 0.15) is 24.1 Å². The van der Waals surface area contributed by atoms with Crippen LogP contribution in [0.5, 0.6) is 0 Å². The van der Waals surface area contributed by atoms with E-state index in [0.29, 0.717) is 6.04 Å². The van der Waals surface area contributed by atoms with E-state index < -0.39 is 0 Å². The van der Waals surface area contributed by atoms with Crippen LogP contribution in [-0.2, 0) is 6.42 Å². The number of nitrogens with one attached hydrogen (secondary N) is 1. The van der Waals surface area contributed by atoms with Crippen molar-refractivity contribution in [2.24, 2.45) is 0 Å². The summed E-state index contributed by atoms with van der Waals surface area (Å²) < 4.78 is 0. The largest absolute Gasteiger partial charge is 0.394 e. The van der Waals surface area contributed by atoms with E-state index in [2.05, 4.69) is 36.5 Å². The molecule has 0 spiro atoms. The molecule has 0 amide bonds. The van der Waals surface area contributed by atoms with Crippen molar-refractivity contribution in [2.75, 3.05) is 6.61 Å². The van der Waals surface area contributed by atoms with Crippen molar-refractivity contribution in [3.63, 3.8) is 0 Å². The van der Waals surface area contributed by atoms with E-state index in [1.54, 1.807) is 0 Å². The summed E-state index contributed by atoms with van der Waals surface area (Å²) in [6.07, 6.45) is 0.962. The molecule has 0 saturated heterocycles. The second-order valence-corrected chi connectivity index (χ2v) is 4.90. The maximum absolute atomic E-state index is 9.53. The molecule has 0 aliphatic heterocycles. The van der Waals surface area contributed by atoms with Gasteiger partial charge in [-0.05, 0) is 24.5 Å². The maximum atomic E-state index is 9.53. The highest BCUT2D eigenvalue weighted by Crippen LogP contribution is 2.13. The third-order valence-corrected chi connectivity index (χ3v) is 3.25. The number of benzene rings is 2. The Kier molecular flexibility index (Phi) is 5.13. The lowest BCUT2D eigenvalue weighted by molar-refractivity contribution is 0.235. The van der Waals surface area contributed by atoms with Crippen molar-refractivity contribution in [3.8, 4) is 0 Å². The molecule has 0 aliphatic carbocycles. The first kappa shape index (κ1) is 13.8. The fourth-order valence-electron chi connectivity index (χ4n) is 2.31. The Morgan fingerprint density at radius 3 is 2.11 bits per heavy atom. The van der Waals surface area contributed by atoms with Crippen LogP contribution in [0, 0.1) is 0 Å². The van der Waals surface area contributed by atoms with Gasteiger partial charge in [-0.1, -0.05) is 60.7 Å². The van der Waals surface area contributed by atoms with Crippen LogP contribution in [0.25, 0.3) is 0 Å². The maximum Gasteiger partial charge on any atom is 0.0626 e. The zero-order valence-corrected chi connectivity index (χ0v) is 11.3. The molecular formula is C17H21NO. The lowest BCUT2D eigenvalue weighted by atomic mass is 10.0. The van der Waals surface area contributed by atoms with E-state index in [4.69, 9.17) is 0 Å². The predicted molar refractivity (Wildman–Crippen MR) is 79.0 cm³/mol. The summed E-state index contributed by atoms with van der Waals surface area (Å²) in [5.41, 5.74) is 2.44. The summed E-state index contributed by atoms with van der Waals surface area (Å²) in [5, 5.41) is 13.0. The van der Waals surface area contributed by atoms with Gasteiger partial charge in [0.15, 0.2) is 0 Å². The van der Waals surface area contributed by atoms with Crippen molar-refractivity contribution in [1.82, 2.24) is 5.32 Å². The molecule has 0 bridgehead atoms. The van der Waals surface area contributed by atoms with Crippen LogP contribution in [0.2, 0.25) is 0 Å². The zero-order chi connectivity index (χ0) is 13.5. The number of aliphatic hydroxyl groups excluding tert-OH is 1. The van der Waals surface area contributed by atoms with Gasteiger partial charge in [0.25, 0.3) is 0 Å². The number of aliphatic hydroxyl groups is 1. The number of hydrogen-bond donors (Lipinski definition) is 2. The first-order valence-electron chi connectivity index (χ1n) is 6.75. The molecule has 0 fully saturated rings. The molecule has 0 aliphatic rings. The predicted octanol–water partition coefficient (Wildman–Crippen LogP) is 2.94. The van der Waals surface area contributed by atoms with Gasteiger partial charge in [0.2, 0.25) is 0 Å². The summed E-state index contributed by atoms with van der Waals surface area (Å²) in [4.78, 5) is 0. The summed E-state index contributed by atoms with van der Waals surface area (Å²) in [6, 6.07) is 20.8. The van der Waals surface area contributed by atoms with E-state index in [0.717, 1.165) is 12.0 Å². The van der Waals surface area contributed by atoms with E-state index in [1.807, 2.05) is 36.4 Å². The van der Waals surface area contributed by atoms with Crippen LogP contribution >= 0.6 is 0 Å². The summed E-state index contributed by atoms with van der Waals surface area (Å²) in [7, 11) is 0. The Balaban J connectivity index is 1.95. The molecule has 2 aromatic carbocycles.